The first kappa shape index (κ1) is 19.4. The largest absolute Gasteiger partial charge is 0.339 e. The molecule has 7 heteroatoms. The van der Waals surface area contributed by atoms with Gasteiger partial charge in [-0.2, -0.15) is 4.98 Å². The van der Waals surface area contributed by atoms with Gasteiger partial charge in [-0.1, -0.05) is 59.4 Å². The number of rotatable bonds is 7. The van der Waals surface area contributed by atoms with Crippen LogP contribution in [0.15, 0.2) is 69.1 Å². The van der Waals surface area contributed by atoms with Gasteiger partial charge in [0.1, 0.15) is 0 Å². The molecule has 2 heterocycles. The second-order valence-corrected chi connectivity index (χ2v) is 8.07. The van der Waals surface area contributed by atoms with Gasteiger partial charge in [-0.25, -0.2) is 4.98 Å². The Morgan fingerprint density at radius 2 is 1.79 bits per heavy atom. The molecule has 0 radical (unpaired) electrons. The molecule has 148 valence electrons. The molecule has 0 N–H and O–H groups in total. The predicted octanol–water partition coefficient (Wildman–Crippen LogP) is 4.75. The lowest BCUT2D eigenvalue weighted by atomic mass is 10.2. The molecule has 0 bridgehead atoms. The van der Waals surface area contributed by atoms with Crippen molar-refractivity contribution in [2.45, 2.75) is 37.9 Å². The molecule has 0 aliphatic heterocycles. The average Bonchev–Trinajstić information content (AvgIpc) is 3.21. The van der Waals surface area contributed by atoms with Crippen molar-refractivity contribution in [3.05, 3.63) is 70.8 Å². The summed E-state index contributed by atoms with van der Waals surface area (Å²) in [6, 6.07) is 17.3. The highest BCUT2D eigenvalue weighted by molar-refractivity contribution is 7.99. The van der Waals surface area contributed by atoms with E-state index in [2.05, 4.69) is 10.1 Å². The number of hydrogen-bond acceptors (Lipinski definition) is 6. The minimum atomic E-state index is 0.0116. The zero-order chi connectivity index (χ0) is 20.2. The van der Waals surface area contributed by atoms with E-state index in [1.807, 2.05) is 68.4 Å². The Morgan fingerprint density at radius 3 is 2.59 bits per heavy atom. The number of fused-ring (bicyclic) bond motifs is 1. The quantitative estimate of drug-likeness (QED) is 0.250. The van der Waals surface area contributed by atoms with Crippen molar-refractivity contribution >= 4 is 22.7 Å². The Balaban J connectivity index is 1.43. The summed E-state index contributed by atoms with van der Waals surface area (Å²) in [4.78, 5) is 22.0. The third kappa shape index (κ3) is 4.24. The van der Waals surface area contributed by atoms with E-state index in [9.17, 15) is 4.79 Å². The van der Waals surface area contributed by atoms with E-state index in [0.717, 1.165) is 28.4 Å². The van der Waals surface area contributed by atoms with E-state index < -0.39 is 0 Å². The van der Waals surface area contributed by atoms with E-state index >= 15 is 0 Å². The second kappa shape index (κ2) is 8.61. The van der Waals surface area contributed by atoms with Crippen molar-refractivity contribution in [2.75, 3.05) is 5.75 Å². The Labute approximate surface area is 173 Å². The fourth-order valence-corrected chi connectivity index (χ4v) is 4.20. The number of thioether (sulfide) groups is 1. The van der Waals surface area contributed by atoms with Gasteiger partial charge in [-0.15, -0.1) is 0 Å². The summed E-state index contributed by atoms with van der Waals surface area (Å²) in [5, 5.41) is 5.46. The van der Waals surface area contributed by atoms with E-state index in [-0.39, 0.29) is 11.6 Å². The minimum Gasteiger partial charge on any atom is -0.339 e. The van der Waals surface area contributed by atoms with Crippen LogP contribution < -0.4 is 5.56 Å². The van der Waals surface area contributed by atoms with Crippen LogP contribution in [-0.4, -0.2) is 25.4 Å². The van der Waals surface area contributed by atoms with Crippen LogP contribution in [0.3, 0.4) is 0 Å². The standard InChI is InChI=1S/C22H22N4O2S/c1-15(2)26-21(27)17-11-6-7-12-18(17)23-22(26)29-14-8-13-19-24-20(25-28-19)16-9-4-3-5-10-16/h3-7,9-12,15H,8,13-14H2,1-2H3. The molecule has 4 rings (SSSR count). The number of hydrogen-bond donors (Lipinski definition) is 0. The molecule has 0 atom stereocenters. The minimum absolute atomic E-state index is 0.0116. The SMILES string of the molecule is CC(C)n1c(SCCCc2nc(-c3ccccc3)no2)nc2ccccc2c1=O. The number of benzene rings is 2. The molecule has 29 heavy (non-hydrogen) atoms. The summed E-state index contributed by atoms with van der Waals surface area (Å²) in [5.41, 5.74) is 1.69. The average molecular weight is 407 g/mol. The Bertz CT molecular complexity index is 1170. The molecular formula is C22H22N4O2S. The third-order valence-electron chi connectivity index (χ3n) is 4.56. The van der Waals surface area contributed by atoms with Crippen LogP contribution in [0.4, 0.5) is 0 Å². The first-order valence-corrected chi connectivity index (χ1v) is 10.6. The fourth-order valence-electron chi connectivity index (χ4n) is 3.13. The molecule has 0 saturated heterocycles. The molecule has 0 amide bonds. The molecule has 0 fully saturated rings. The lowest BCUT2D eigenvalue weighted by Crippen LogP contribution is -2.25. The monoisotopic (exact) mass is 406 g/mol. The molecule has 0 aliphatic carbocycles. The normalized spacial score (nSPS) is 11.4. The molecule has 0 unspecified atom stereocenters. The maximum Gasteiger partial charge on any atom is 0.262 e. The van der Waals surface area contributed by atoms with Crippen LogP contribution in [0.25, 0.3) is 22.3 Å². The molecular weight excluding hydrogens is 384 g/mol. The summed E-state index contributed by atoms with van der Waals surface area (Å²) in [7, 11) is 0. The van der Waals surface area contributed by atoms with Gasteiger partial charge in [0.15, 0.2) is 5.16 Å². The van der Waals surface area contributed by atoms with Crippen LogP contribution in [0.5, 0.6) is 0 Å². The number of aromatic nitrogens is 4. The Kier molecular flexibility index (Phi) is 5.76. The van der Waals surface area contributed by atoms with Gasteiger partial charge >= 0.3 is 0 Å². The first-order chi connectivity index (χ1) is 14.1. The smallest absolute Gasteiger partial charge is 0.262 e. The van der Waals surface area contributed by atoms with Crippen LogP contribution in [0.1, 0.15) is 32.2 Å². The summed E-state index contributed by atoms with van der Waals surface area (Å²) in [6.45, 7) is 4.01. The molecule has 0 saturated carbocycles. The Morgan fingerprint density at radius 1 is 1.03 bits per heavy atom. The highest BCUT2D eigenvalue weighted by Gasteiger charge is 2.14. The fraction of sp³-hybridized carbons (Fsp3) is 0.273. The lowest BCUT2D eigenvalue weighted by molar-refractivity contribution is 0.378. The van der Waals surface area contributed by atoms with Gasteiger partial charge in [-0.3, -0.25) is 9.36 Å². The zero-order valence-corrected chi connectivity index (χ0v) is 17.2. The molecule has 2 aromatic carbocycles. The number of nitrogens with zero attached hydrogens (tertiary/aromatic N) is 4. The number of para-hydroxylation sites is 1. The molecule has 6 nitrogen and oxygen atoms in total. The first-order valence-electron chi connectivity index (χ1n) is 9.65. The topological polar surface area (TPSA) is 73.8 Å². The van der Waals surface area contributed by atoms with Gasteiger partial charge < -0.3 is 4.52 Å². The van der Waals surface area contributed by atoms with Crippen LogP contribution in [-0.2, 0) is 6.42 Å². The van der Waals surface area contributed by atoms with Crippen molar-refractivity contribution in [1.29, 1.82) is 0 Å². The van der Waals surface area contributed by atoms with Gasteiger partial charge in [-0.05, 0) is 32.4 Å². The molecule has 0 spiro atoms. The molecule has 0 aliphatic rings. The highest BCUT2D eigenvalue weighted by Crippen LogP contribution is 2.22. The van der Waals surface area contributed by atoms with Gasteiger partial charge in [0.2, 0.25) is 11.7 Å². The summed E-state index contributed by atoms with van der Waals surface area (Å²) in [6.07, 6.45) is 1.54. The van der Waals surface area contributed by atoms with E-state index in [4.69, 9.17) is 9.51 Å². The van der Waals surface area contributed by atoms with Crippen molar-refractivity contribution in [2.24, 2.45) is 0 Å². The van der Waals surface area contributed by atoms with Gasteiger partial charge in [0.05, 0.1) is 10.9 Å². The Hall–Kier alpha value is -2.93. The van der Waals surface area contributed by atoms with Gasteiger partial charge in [0.25, 0.3) is 5.56 Å². The van der Waals surface area contributed by atoms with Crippen LogP contribution in [0.2, 0.25) is 0 Å². The van der Waals surface area contributed by atoms with Crippen molar-refractivity contribution < 1.29 is 4.52 Å². The molecule has 2 aromatic heterocycles. The third-order valence-corrected chi connectivity index (χ3v) is 5.60. The highest BCUT2D eigenvalue weighted by atomic mass is 32.2. The second-order valence-electron chi connectivity index (χ2n) is 7.01. The predicted molar refractivity (Wildman–Crippen MR) is 115 cm³/mol. The van der Waals surface area contributed by atoms with Crippen molar-refractivity contribution in [1.82, 2.24) is 19.7 Å². The lowest BCUT2D eigenvalue weighted by Gasteiger charge is -2.15. The van der Waals surface area contributed by atoms with E-state index in [0.29, 0.717) is 23.5 Å². The maximum atomic E-state index is 12.9. The summed E-state index contributed by atoms with van der Waals surface area (Å²) < 4.78 is 7.14. The molecule has 4 aromatic rings. The van der Waals surface area contributed by atoms with E-state index in [1.165, 1.54) is 0 Å². The van der Waals surface area contributed by atoms with Crippen LogP contribution in [0, 0.1) is 0 Å². The van der Waals surface area contributed by atoms with Crippen LogP contribution >= 0.6 is 11.8 Å². The summed E-state index contributed by atoms with van der Waals surface area (Å²) in [5.74, 6) is 2.04. The van der Waals surface area contributed by atoms with E-state index in [1.54, 1.807) is 16.3 Å². The zero-order valence-electron chi connectivity index (χ0n) is 16.4. The van der Waals surface area contributed by atoms with Crippen molar-refractivity contribution in [3.63, 3.8) is 0 Å². The maximum absolute atomic E-state index is 12.9. The number of aryl methyl sites for hydroxylation is 1. The van der Waals surface area contributed by atoms with Crippen molar-refractivity contribution in [3.8, 4) is 11.4 Å². The summed E-state index contributed by atoms with van der Waals surface area (Å²) >= 11 is 1.59. The van der Waals surface area contributed by atoms with Gasteiger partial charge in [0, 0.05) is 23.8 Å².